The first-order chi connectivity index (χ1) is 12.1. The third kappa shape index (κ3) is 3.86. The van der Waals surface area contributed by atoms with Crippen molar-refractivity contribution in [1.82, 2.24) is 0 Å². The second kappa shape index (κ2) is 7.43. The van der Waals surface area contributed by atoms with E-state index < -0.39 is 34.8 Å². The van der Waals surface area contributed by atoms with Crippen LogP contribution in [-0.4, -0.2) is 11.3 Å². The van der Waals surface area contributed by atoms with Gasteiger partial charge in [-0.1, -0.05) is 39.0 Å². The molecule has 2 aromatic carbocycles. The van der Waals surface area contributed by atoms with E-state index in [4.69, 9.17) is 0 Å². The number of hydrogen-bond donors (Lipinski definition) is 1. The minimum Gasteiger partial charge on any atom is -0.507 e. The van der Waals surface area contributed by atoms with Gasteiger partial charge in [-0.25, -0.2) is 22.0 Å². The van der Waals surface area contributed by atoms with Crippen molar-refractivity contribution in [3.8, 4) is 5.75 Å². The molecule has 0 saturated heterocycles. The summed E-state index contributed by atoms with van der Waals surface area (Å²) in [6.45, 7) is 5.82. The van der Waals surface area contributed by atoms with Crippen LogP contribution in [0.3, 0.4) is 0 Å². The number of nitrogens with zero attached hydrogens (tertiary/aromatic N) is 1. The molecular formula is C19H18F5NO. The molecule has 0 amide bonds. The van der Waals surface area contributed by atoms with Gasteiger partial charge in [-0.3, -0.25) is 4.99 Å². The van der Waals surface area contributed by atoms with Crippen molar-refractivity contribution in [2.24, 2.45) is 4.99 Å². The van der Waals surface area contributed by atoms with Crippen LogP contribution in [0, 0.1) is 29.1 Å². The van der Waals surface area contributed by atoms with Gasteiger partial charge in [0, 0.05) is 6.21 Å². The van der Waals surface area contributed by atoms with Gasteiger partial charge in [0.2, 0.25) is 5.82 Å². The smallest absolute Gasteiger partial charge is 0.200 e. The predicted octanol–water partition coefficient (Wildman–Crippen LogP) is 5.72. The molecule has 0 bridgehead atoms. The topological polar surface area (TPSA) is 32.6 Å². The second-order valence-corrected chi connectivity index (χ2v) is 6.83. The van der Waals surface area contributed by atoms with Crippen molar-refractivity contribution in [1.29, 1.82) is 0 Å². The Morgan fingerprint density at radius 3 is 2.00 bits per heavy atom. The third-order valence-corrected chi connectivity index (χ3v) is 3.88. The Labute approximate surface area is 148 Å². The Morgan fingerprint density at radius 2 is 1.46 bits per heavy atom. The van der Waals surface area contributed by atoms with Gasteiger partial charge in [-0.15, -0.1) is 0 Å². The minimum absolute atomic E-state index is 0.115. The summed E-state index contributed by atoms with van der Waals surface area (Å²) >= 11 is 0. The van der Waals surface area contributed by atoms with Crippen LogP contribution in [0.1, 0.15) is 38.3 Å². The highest BCUT2D eigenvalue weighted by Gasteiger charge is 2.25. The number of aryl methyl sites for hydroxylation is 1. The van der Waals surface area contributed by atoms with Crippen molar-refractivity contribution in [3.63, 3.8) is 0 Å². The Hall–Kier alpha value is -2.44. The maximum atomic E-state index is 13.5. The molecule has 0 aliphatic rings. The average Bonchev–Trinajstić information content (AvgIpc) is 2.57. The van der Waals surface area contributed by atoms with Crippen molar-refractivity contribution >= 4 is 11.9 Å². The zero-order chi connectivity index (χ0) is 19.6. The summed E-state index contributed by atoms with van der Waals surface area (Å²) in [4.78, 5) is 3.38. The second-order valence-electron chi connectivity index (χ2n) is 6.83. The lowest BCUT2D eigenvalue weighted by atomic mass is 9.85. The van der Waals surface area contributed by atoms with Gasteiger partial charge in [0.25, 0.3) is 0 Å². The molecule has 0 heterocycles. The first-order valence-electron chi connectivity index (χ1n) is 7.91. The van der Waals surface area contributed by atoms with Crippen LogP contribution in [0.4, 0.5) is 27.6 Å². The molecule has 0 spiro atoms. The van der Waals surface area contributed by atoms with Crippen molar-refractivity contribution < 1.29 is 27.1 Å². The standard InChI is InChI=1S/C19H18F5NO/c1-19(2,3)11-8-4-6-10(18(11)26)7-5-9-25-17-15(23)13(21)12(20)14(22)16(17)24/h4,6,8-9,26H,5,7H2,1-3H3. The van der Waals surface area contributed by atoms with Gasteiger partial charge in [-0.05, 0) is 29.4 Å². The summed E-state index contributed by atoms with van der Waals surface area (Å²) in [5, 5.41) is 10.3. The van der Waals surface area contributed by atoms with E-state index in [-0.39, 0.29) is 24.0 Å². The van der Waals surface area contributed by atoms with E-state index in [2.05, 4.69) is 4.99 Å². The Kier molecular flexibility index (Phi) is 5.68. The number of aromatic hydroxyl groups is 1. The van der Waals surface area contributed by atoms with E-state index >= 15 is 0 Å². The number of para-hydroxylation sites is 1. The SMILES string of the molecule is CC(C)(C)c1cccc(CCC=Nc2c(F)c(F)c(F)c(F)c2F)c1O. The molecule has 2 aromatic rings. The summed E-state index contributed by atoms with van der Waals surface area (Å²) in [6.07, 6.45) is 1.48. The van der Waals surface area contributed by atoms with Crippen LogP contribution >= 0.6 is 0 Å². The molecule has 26 heavy (non-hydrogen) atoms. The van der Waals surface area contributed by atoms with Crippen LogP contribution in [0.25, 0.3) is 0 Å². The number of aliphatic imine (C=N–C) groups is 1. The normalized spacial score (nSPS) is 12.2. The number of rotatable bonds is 4. The van der Waals surface area contributed by atoms with Crippen LogP contribution in [0.5, 0.6) is 5.75 Å². The summed E-state index contributed by atoms with van der Waals surface area (Å²) in [6, 6.07) is 5.26. The van der Waals surface area contributed by atoms with Crippen LogP contribution in [-0.2, 0) is 11.8 Å². The Morgan fingerprint density at radius 1 is 0.923 bits per heavy atom. The van der Waals surface area contributed by atoms with E-state index in [9.17, 15) is 27.1 Å². The fraction of sp³-hybridized carbons (Fsp3) is 0.316. The largest absolute Gasteiger partial charge is 0.507 e. The summed E-state index contributed by atoms with van der Waals surface area (Å²) in [5.41, 5.74) is -0.161. The van der Waals surface area contributed by atoms with Gasteiger partial charge >= 0.3 is 0 Å². The van der Waals surface area contributed by atoms with Crippen molar-refractivity contribution in [3.05, 3.63) is 58.4 Å². The molecule has 0 radical (unpaired) electrons. The van der Waals surface area contributed by atoms with Crippen molar-refractivity contribution in [2.45, 2.75) is 39.0 Å². The van der Waals surface area contributed by atoms with E-state index in [0.717, 1.165) is 11.8 Å². The molecule has 0 fully saturated rings. The average molecular weight is 371 g/mol. The molecule has 0 atom stereocenters. The maximum Gasteiger partial charge on any atom is 0.200 e. The van der Waals surface area contributed by atoms with Crippen molar-refractivity contribution in [2.75, 3.05) is 0 Å². The molecule has 2 rings (SSSR count). The molecule has 7 heteroatoms. The highest BCUT2D eigenvalue weighted by Crippen LogP contribution is 2.33. The molecule has 0 aliphatic carbocycles. The number of benzene rings is 2. The quantitative estimate of drug-likeness (QED) is 0.317. The molecule has 0 unspecified atom stereocenters. The highest BCUT2D eigenvalue weighted by atomic mass is 19.2. The Balaban J connectivity index is 2.20. The van der Waals surface area contributed by atoms with Gasteiger partial charge in [0.05, 0.1) is 0 Å². The zero-order valence-corrected chi connectivity index (χ0v) is 14.5. The summed E-state index contributed by atoms with van der Waals surface area (Å²) in [5.74, 6) is -10.1. The minimum atomic E-state index is -2.22. The third-order valence-electron chi connectivity index (χ3n) is 3.88. The van der Waals surface area contributed by atoms with Gasteiger partial charge in [-0.2, -0.15) is 0 Å². The fourth-order valence-electron chi connectivity index (χ4n) is 2.48. The number of phenolic OH excluding ortho intramolecular Hbond substituents is 1. The molecular weight excluding hydrogens is 353 g/mol. The fourth-order valence-corrected chi connectivity index (χ4v) is 2.48. The van der Waals surface area contributed by atoms with E-state index in [1.54, 1.807) is 18.2 Å². The monoisotopic (exact) mass is 371 g/mol. The zero-order valence-electron chi connectivity index (χ0n) is 14.5. The first kappa shape index (κ1) is 19.9. The molecule has 1 N–H and O–H groups in total. The van der Waals surface area contributed by atoms with Crippen LogP contribution < -0.4 is 0 Å². The van der Waals surface area contributed by atoms with Gasteiger partial charge in [0.15, 0.2) is 23.3 Å². The van der Waals surface area contributed by atoms with Crippen LogP contribution in [0.15, 0.2) is 23.2 Å². The molecule has 140 valence electrons. The molecule has 0 aromatic heterocycles. The maximum absolute atomic E-state index is 13.5. The van der Waals surface area contributed by atoms with Crippen LogP contribution in [0.2, 0.25) is 0 Å². The lowest BCUT2D eigenvalue weighted by molar-refractivity contribution is 0.381. The number of hydrogen-bond acceptors (Lipinski definition) is 2. The predicted molar refractivity (Wildman–Crippen MR) is 89.5 cm³/mol. The first-order valence-corrected chi connectivity index (χ1v) is 7.91. The summed E-state index contributed by atoms with van der Waals surface area (Å²) in [7, 11) is 0. The Bertz CT molecular complexity index is 827. The van der Waals surface area contributed by atoms with E-state index in [0.29, 0.717) is 5.56 Å². The number of phenols is 1. The van der Waals surface area contributed by atoms with E-state index in [1.807, 2.05) is 20.8 Å². The highest BCUT2D eigenvalue weighted by molar-refractivity contribution is 5.64. The van der Waals surface area contributed by atoms with Gasteiger partial charge in [0.1, 0.15) is 11.4 Å². The molecule has 0 aliphatic heterocycles. The molecule has 2 nitrogen and oxygen atoms in total. The summed E-state index contributed by atoms with van der Waals surface area (Å²) < 4.78 is 66.3. The van der Waals surface area contributed by atoms with E-state index in [1.165, 1.54) is 0 Å². The number of halogens is 5. The lowest BCUT2D eigenvalue weighted by Crippen LogP contribution is -2.12. The molecule has 0 saturated carbocycles. The lowest BCUT2D eigenvalue weighted by Gasteiger charge is -2.21. The van der Waals surface area contributed by atoms with Gasteiger partial charge < -0.3 is 5.11 Å².